The number of Topliss-reactive ketones (excluding diaryl/α,β-unsaturated/α-hetero) is 1. The number of hydrogen-bond acceptors (Lipinski definition) is 5. The normalized spacial score (nSPS) is 19.8. The molecule has 252 valence electrons. The minimum Gasteiger partial charge on any atom is -0.384 e. The smallest absolute Gasteiger partial charge is 0.169 e. The van der Waals surface area contributed by atoms with Crippen molar-refractivity contribution < 1.29 is 4.79 Å². The zero-order valence-electron chi connectivity index (χ0n) is 28.8. The van der Waals surface area contributed by atoms with Gasteiger partial charge in [0.05, 0.1) is 22.5 Å². The van der Waals surface area contributed by atoms with E-state index in [0.717, 1.165) is 91.4 Å². The van der Waals surface area contributed by atoms with Crippen LogP contribution in [0.4, 0.5) is 5.69 Å². The first-order valence-electron chi connectivity index (χ1n) is 18.9. The lowest BCUT2D eigenvalue weighted by molar-refractivity contribution is 0.0891. The molecule has 3 aromatic carbocycles. The number of unbranched alkanes of at least 4 members (excludes halogenated alkanes) is 1. The van der Waals surface area contributed by atoms with Crippen LogP contribution in [0.5, 0.6) is 0 Å². The predicted octanol–water partition coefficient (Wildman–Crippen LogP) is 9.17. The van der Waals surface area contributed by atoms with Gasteiger partial charge >= 0.3 is 0 Å². The number of nitrogens with one attached hydrogen (secondary N) is 1. The van der Waals surface area contributed by atoms with Crippen LogP contribution in [0.3, 0.4) is 0 Å². The van der Waals surface area contributed by atoms with Crippen LogP contribution in [0.2, 0.25) is 0 Å². The highest BCUT2D eigenvalue weighted by atomic mass is 16.1. The molecule has 1 N–H and O–H groups in total. The van der Waals surface area contributed by atoms with Crippen molar-refractivity contribution in [3.05, 3.63) is 107 Å². The number of ketones is 1. The van der Waals surface area contributed by atoms with Crippen LogP contribution < -0.4 is 5.32 Å². The van der Waals surface area contributed by atoms with Gasteiger partial charge in [-0.25, -0.2) is 0 Å². The van der Waals surface area contributed by atoms with E-state index < -0.39 is 0 Å². The van der Waals surface area contributed by atoms with E-state index in [2.05, 4.69) is 100 Å². The molecule has 5 nitrogen and oxygen atoms in total. The molecule has 2 saturated heterocycles. The summed E-state index contributed by atoms with van der Waals surface area (Å²) in [5.41, 5.74) is 6.79. The van der Waals surface area contributed by atoms with Crippen molar-refractivity contribution >= 4 is 22.4 Å². The summed E-state index contributed by atoms with van der Waals surface area (Å²) in [6.45, 7) is 7.80. The Bertz CT molecular complexity index is 1610. The molecule has 3 heterocycles. The average Bonchev–Trinajstić information content (AvgIpc) is 3.13. The molecule has 2 fully saturated rings. The van der Waals surface area contributed by atoms with Crippen molar-refractivity contribution in [2.45, 2.75) is 83.7 Å². The third-order valence-corrected chi connectivity index (χ3v) is 11.5. The molecule has 1 aliphatic carbocycles. The Morgan fingerprint density at radius 3 is 1.85 bits per heavy atom. The second kappa shape index (κ2) is 16.2. The van der Waals surface area contributed by atoms with E-state index in [1.807, 2.05) is 0 Å². The van der Waals surface area contributed by atoms with E-state index in [-0.39, 0.29) is 5.92 Å². The fourth-order valence-electron chi connectivity index (χ4n) is 8.59. The van der Waals surface area contributed by atoms with Crippen molar-refractivity contribution in [3.8, 4) is 0 Å². The highest BCUT2D eigenvalue weighted by molar-refractivity contribution is 6.10. The Morgan fingerprint density at radius 1 is 0.646 bits per heavy atom. The van der Waals surface area contributed by atoms with Crippen molar-refractivity contribution in [1.29, 1.82) is 0 Å². The third-order valence-electron chi connectivity index (χ3n) is 11.5. The SMILES string of the molecule is O=C1c2c(nc3ccccc3c2NCCC2CCN(Cc3ccccc3)CC2)CCC1CCCCC1CCN(Cc2ccccc2)CC1. The van der Waals surface area contributed by atoms with Gasteiger partial charge in [0, 0.05) is 30.9 Å². The molecule has 3 aliphatic rings. The second-order valence-electron chi connectivity index (χ2n) is 14.8. The molecule has 1 aromatic heterocycles. The van der Waals surface area contributed by atoms with Crippen molar-refractivity contribution in [2.24, 2.45) is 17.8 Å². The van der Waals surface area contributed by atoms with E-state index in [1.165, 1.54) is 75.8 Å². The molecule has 7 rings (SSSR count). The van der Waals surface area contributed by atoms with E-state index in [9.17, 15) is 4.79 Å². The molecule has 0 saturated carbocycles. The monoisotopic (exact) mass is 642 g/mol. The Labute approximate surface area is 288 Å². The predicted molar refractivity (Wildman–Crippen MR) is 198 cm³/mol. The van der Waals surface area contributed by atoms with E-state index in [4.69, 9.17) is 4.98 Å². The topological polar surface area (TPSA) is 48.5 Å². The Kier molecular flexibility index (Phi) is 11.2. The van der Waals surface area contributed by atoms with Gasteiger partial charge in [-0.2, -0.15) is 0 Å². The summed E-state index contributed by atoms with van der Waals surface area (Å²) >= 11 is 0. The number of piperidine rings is 2. The van der Waals surface area contributed by atoms with Crippen LogP contribution in [0.25, 0.3) is 10.9 Å². The first kappa shape index (κ1) is 33.0. The quantitative estimate of drug-likeness (QED) is 0.147. The lowest BCUT2D eigenvalue weighted by atomic mass is 9.80. The molecule has 0 amide bonds. The van der Waals surface area contributed by atoms with Gasteiger partial charge in [-0.1, -0.05) is 98.1 Å². The number of likely N-dealkylation sites (tertiary alicyclic amines) is 2. The number of pyridine rings is 1. The van der Waals surface area contributed by atoms with Crippen LogP contribution in [0.1, 0.15) is 91.4 Å². The number of aryl methyl sites for hydroxylation is 1. The van der Waals surface area contributed by atoms with Gasteiger partial charge in [-0.05, 0) is 107 Å². The molecule has 0 radical (unpaired) electrons. The molecule has 1 unspecified atom stereocenters. The zero-order valence-corrected chi connectivity index (χ0v) is 28.8. The summed E-state index contributed by atoms with van der Waals surface area (Å²) in [5, 5.41) is 4.91. The van der Waals surface area contributed by atoms with E-state index in [0.29, 0.717) is 5.78 Å². The van der Waals surface area contributed by atoms with Gasteiger partial charge < -0.3 is 5.32 Å². The highest BCUT2D eigenvalue weighted by Crippen LogP contribution is 2.37. The molecule has 0 bridgehead atoms. The minimum atomic E-state index is 0.127. The molecule has 1 atom stereocenters. The molecule has 2 aliphatic heterocycles. The fraction of sp³-hybridized carbons (Fsp3) is 0.488. The number of nitrogens with zero attached hydrogens (tertiary/aromatic N) is 3. The molecular weight excluding hydrogens is 589 g/mol. The number of aromatic nitrogens is 1. The van der Waals surface area contributed by atoms with Gasteiger partial charge in [0.1, 0.15) is 0 Å². The number of anilines is 1. The minimum absolute atomic E-state index is 0.127. The number of carbonyl (C=O) groups excluding carboxylic acids is 1. The van der Waals surface area contributed by atoms with Crippen LogP contribution in [-0.2, 0) is 19.5 Å². The largest absolute Gasteiger partial charge is 0.384 e. The number of hydrogen-bond donors (Lipinski definition) is 1. The van der Waals surface area contributed by atoms with Crippen molar-refractivity contribution in [3.63, 3.8) is 0 Å². The summed E-state index contributed by atoms with van der Waals surface area (Å²) < 4.78 is 0. The summed E-state index contributed by atoms with van der Waals surface area (Å²) in [7, 11) is 0. The van der Waals surface area contributed by atoms with Gasteiger partial charge in [0.25, 0.3) is 0 Å². The number of para-hydroxylation sites is 1. The number of benzene rings is 3. The number of rotatable bonds is 13. The fourth-order valence-corrected chi connectivity index (χ4v) is 8.59. The van der Waals surface area contributed by atoms with Crippen molar-refractivity contribution in [2.75, 3.05) is 38.0 Å². The molecule has 0 spiro atoms. The Balaban J connectivity index is 0.896. The van der Waals surface area contributed by atoms with Gasteiger partial charge in [-0.15, -0.1) is 0 Å². The van der Waals surface area contributed by atoms with Crippen LogP contribution in [0.15, 0.2) is 84.9 Å². The first-order valence-corrected chi connectivity index (χ1v) is 18.9. The number of carbonyl (C=O) groups is 1. The lowest BCUT2D eigenvalue weighted by Gasteiger charge is -2.32. The number of fused-ring (bicyclic) bond motifs is 2. The van der Waals surface area contributed by atoms with Gasteiger partial charge in [-0.3, -0.25) is 19.6 Å². The maximum Gasteiger partial charge on any atom is 0.169 e. The summed E-state index contributed by atoms with van der Waals surface area (Å²) in [4.78, 5) is 24.4. The molecule has 4 aromatic rings. The van der Waals surface area contributed by atoms with Gasteiger partial charge in [0.15, 0.2) is 5.78 Å². The first-order chi connectivity index (χ1) is 23.7. The maximum atomic E-state index is 14.1. The average molecular weight is 643 g/mol. The highest BCUT2D eigenvalue weighted by Gasteiger charge is 2.32. The summed E-state index contributed by atoms with van der Waals surface area (Å²) in [6, 6.07) is 30.1. The van der Waals surface area contributed by atoms with Gasteiger partial charge in [0.2, 0.25) is 0 Å². The van der Waals surface area contributed by atoms with Crippen LogP contribution in [0, 0.1) is 17.8 Å². The second-order valence-corrected chi connectivity index (χ2v) is 14.8. The van der Waals surface area contributed by atoms with Crippen LogP contribution in [-0.4, -0.2) is 53.3 Å². The van der Waals surface area contributed by atoms with E-state index >= 15 is 0 Å². The Hall–Kier alpha value is -3.54. The van der Waals surface area contributed by atoms with Crippen LogP contribution >= 0.6 is 0 Å². The summed E-state index contributed by atoms with van der Waals surface area (Å²) in [5.74, 6) is 2.03. The third kappa shape index (κ3) is 8.36. The lowest BCUT2D eigenvalue weighted by Crippen LogP contribution is -2.33. The Morgan fingerprint density at radius 2 is 1.21 bits per heavy atom. The summed E-state index contributed by atoms with van der Waals surface area (Å²) in [6.07, 6.45) is 12.8. The standard InChI is InChI=1S/C43H54N4O/c48-43-37(16-8-7-11-33-22-27-46(28-23-33)31-35-12-3-1-4-13-35)19-20-40-41(43)42(38-17-9-10-18-39(38)45-40)44-26-21-34-24-29-47(30-25-34)32-36-14-5-2-6-15-36/h1-6,9-10,12-15,17-18,33-34,37H,7-8,11,16,19-32H2,(H,44,45). The van der Waals surface area contributed by atoms with E-state index in [1.54, 1.807) is 0 Å². The molecule has 48 heavy (non-hydrogen) atoms. The molecule has 5 heteroatoms. The zero-order chi connectivity index (χ0) is 32.5. The van der Waals surface area contributed by atoms with Crippen molar-refractivity contribution in [1.82, 2.24) is 14.8 Å². The maximum absolute atomic E-state index is 14.1. The molecular formula is C43H54N4O.